The summed E-state index contributed by atoms with van der Waals surface area (Å²) in [7, 11) is 0. The number of carbonyl (C=O) groups is 1. The third-order valence-electron chi connectivity index (χ3n) is 3.56. The van der Waals surface area contributed by atoms with E-state index in [0.717, 1.165) is 12.8 Å². The van der Waals surface area contributed by atoms with Gasteiger partial charge in [0.15, 0.2) is 0 Å². The Balaban J connectivity index is 2.10. The predicted octanol–water partition coefficient (Wildman–Crippen LogP) is 1.38. The van der Waals surface area contributed by atoms with Gasteiger partial charge in [0.05, 0.1) is 0 Å². The monoisotopic (exact) mass is 183 g/mol. The van der Waals surface area contributed by atoms with Crippen LogP contribution in [0.2, 0.25) is 0 Å². The Kier molecular flexibility index (Phi) is 2.06. The normalized spacial score (nSPS) is 44.4. The van der Waals surface area contributed by atoms with E-state index in [1.807, 2.05) is 6.92 Å². The molecule has 1 heterocycles. The smallest absolute Gasteiger partial charge is 0.323 e. The van der Waals surface area contributed by atoms with Gasteiger partial charge in [0, 0.05) is 6.04 Å². The molecule has 0 aromatic rings. The van der Waals surface area contributed by atoms with Crippen LogP contribution in [0.25, 0.3) is 0 Å². The van der Waals surface area contributed by atoms with E-state index in [0.29, 0.717) is 12.0 Å². The standard InChI is InChI=1S/C10H17NO2/c1-10(9(12)13)6-7-4-2-3-5-8(7)11-10/h7-8,11H,2-6H2,1H3,(H,12,13)/t7-,8+,10-/m1/s1. The van der Waals surface area contributed by atoms with Crippen molar-refractivity contribution in [2.45, 2.75) is 50.6 Å². The third-order valence-corrected chi connectivity index (χ3v) is 3.56. The summed E-state index contributed by atoms with van der Waals surface area (Å²) >= 11 is 0. The Bertz CT molecular complexity index is 213. The lowest BCUT2D eigenvalue weighted by Gasteiger charge is -2.24. The molecule has 1 saturated carbocycles. The van der Waals surface area contributed by atoms with E-state index in [-0.39, 0.29) is 0 Å². The van der Waals surface area contributed by atoms with E-state index in [4.69, 9.17) is 5.11 Å². The molecule has 3 atom stereocenters. The van der Waals surface area contributed by atoms with Gasteiger partial charge >= 0.3 is 5.97 Å². The van der Waals surface area contributed by atoms with Crippen LogP contribution in [-0.4, -0.2) is 22.7 Å². The van der Waals surface area contributed by atoms with Crippen LogP contribution in [0.1, 0.15) is 39.0 Å². The molecule has 0 radical (unpaired) electrons. The second-order valence-corrected chi connectivity index (χ2v) is 4.64. The van der Waals surface area contributed by atoms with Gasteiger partial charge in [-0.1, -0.05) is 12.8 Å². The summed E-state index contributed by atoms with van der Waals surface area (Å²) in [5.74, 6) is -0.0863. The van der Waals surface area contributed by atoms with Crippen LogP contribution in [0.5, 0.6) is 0 Å². The zero-order chi connectivity index (χ0) is 9.47. The fourth-order valence-electron chi connectivity index (χ4n) is 2.78. The summed E-state index contributed by atoms with van der Waals surface area (Å²) in [6.45, 7) is 1.81. The first-order chi connectivity index (χ1) is 6.12. The van der Waals surface area contributed by atoms with Gasteiger partial charge < -0.3 is 5.11 Å². The number of rotatable bonds is 1. The second-order valence-electron chi connectivity index (χ2n) is 4.64. The summed E-state index contributed by atoms with van der Waals surface area (Å²) < 4.78 is 0. The molecule has 1 aliphatic carbocycles. The van der Waals surface area contributed by atoms with E-state index in [9.17, 15) is 4.79 Å². The van der Waals surface area contributed by atoms with Crippen LogP contribution in [0.4, 0.5) is 0 Å². The van der Waals surface area contributed by atoms with E-state index in [2.05, 4.69) is 5.32 Å². The van der Waals surface area contributed by atoms with Gasteiger partial charge in [0.1, 0.15) is 5.54 Å². The molecular weight excluding hydrogens is 166 g/mol. The largest absolute Gasteiger partial charge is 0.480 e. The molecule has 2 N–H and O–H groups in total. The number of aliphatic carboxylic acids is 1. The topological polar surface area (TPSA) is 49.3 Å². The fraction of sp³-hybridized carbons (Fsp3) is 0.900. The van der Waals surface area contributed by atoms with Gasteiger partial charge in [-0.25, -0.2) is 0 Å². The zero-order valence-electron chi connectivity index (χ0n) is 8.05. The summed E-state index contributed by atoms with van der Waals surface area (Å²) in [4.78, 5) is 11.0. The van der Waals surface area contributed by atoms with Crippen molar-refractivity contribution >= 4 is 5.97 Å². The van der Waals surface area contributed by atoms with E-state index < -0.39 is 11.5 Å². The Hall–Kier alpha value is -0.570. The molecule has 3 nitrogen and oxygen atoms in total. The van der Waals surface area contributed by atoms with Crippen molar-refractivity contribution in [3.05, 3.63) is 0 Å². The minimum Gasteiger partial charge on any atom is -0.480 e. The maximum Gasteiger partial charge on any atom is 0.323 e. The summed E-state index contributed by atoms with van der Waals surface area (Å²) in [6, 6.07) is 0.467. The molecular formula is C10H17NO2. The maximum absolute atomic E-state index is 11.0. The Labute approximate surface area is 78.5 Å². The molecule has 3 heteroatoms. The quantitative estimate of drug-likeness (QED) is 0.645. The average Bonchev–Trinajstić information content (AvgIpc) is 2.42. The zero-order valence-corrected chi connectivity index (χ0v) is 8.05. The molecule has 0 amide bonds. The van der Waals surface area contributed by atoms with E-state index >= 15 is 0 Å². The van der Waals surface area contributed by atoms with E-state index in [1.165, 1.54) is 19.3 Å². The van der Waals surface area contributed by atoms with Crippen molar-refractivity contribution in [3.8, 4) is 0 Å². The molecule has 74 valence electrons. The second kappa shape index (κ2) is 2.98. The van der Waals surface area contributed by atoms with Crippen LogP contribution >= 0.6 is 0 Å². The Morgan fingerprint density at radius 1 is 1.46 bits per heavy atom. The third kappa shape index (κ3) is 1.46. The fourth-order valence-corrected chi connectivity index (χ4v) is 2.78. The highest BCUT2D eigenvalue weighted by Crippen LogP contribution is 2.37. The van der Waals surface area contributed by atoms with Gasteiger partial charge in [-0.2, -0.15) is 0 Å². The maximum atomic E-state index is 11.0. The van der Waals surface area contributed by atoms with Crippen molar-refractivity contribution in [1.29, 1.82) is 0 Å². The lowest BCUT2D eigenvalue weighted by Crippen LogP contribution is -2.47. The van der Waals surface area contributed by atoms with Gasteiger partial charge in [0.2, 0.25) is 0 Å². The molecule has 0 aromatic heterocycles. The van der Waals surface area contributed by atoms with Gasteiger partial charge in [-0.05, 0) is 32.1 Å². The van der Waals surface area contributed by atoms with Crippen molar-refractivity contribution in [2.24, 2.45) is 5.92 Å². The van der Waals surface area contributed by atoms with Crippen LogP contribution < -0.4 is 5.32 Å². The first-order valence-corrected chi connectivity index (χ1v) is 5.13. The average molecular weight is 183 g/mol. The number of fused-ring (bicyclic) bond motifs is 1. The van der Waals surface area contributed by atoms with Gasteiger partial charge in [-0.15, -0.1) is 0 Å². The number of carboxylic acids is 1. The van der Waals surface area contributed by atoms with Crippen molar-refractivity contribution in [3.63, 3.8) is 0 Å². The Morgan fingerprint density at radius 2 is 2.15 bits per heavy atom. The predicted molar refractivity (Wildman–Crippen MR) is 49.5 cm³/mol. The first-order valence-electron chi connectivity index (χ1n) is 5.13. The SMILES string of the molecule is C[C@]1(C(=O)O)C[C@H]2CCCC[C@@H]2N1. The molecule has 2 fully saturated rings. The van der Waals surface area contributed by atoms with Crippen molar-refractivity contribution in [1.82, 2.24) is 5.32 Å². The summed E-state index contributed by atoms with van der Waals surface area (Å²) in [6.07, 6.45) is 5.71. The van der Waals surface area contributed by atoms with Gasteiger partial charge in [-0.3, -0.25) is 10.1 Å². The highest BCUT2D eigenvalue weighted by atomic mass is 16.4. The molecule has 0 spiro atoms. The Morgan fingerprint density at radius 3 is 2.77 bits per heavy atom. The molecule has 0 unspecified atom stereocenters. The molecule has 13 heavy (non-hydrogen) atoms. The molecule has 1 aliphatic heterocycles. The van der Waals surface area contributed by atoms with Crippen LogP contribution in [0.3, 0.4) is 0 Å². The number of hydrogen-bond donors (Lipinski definition) is 2. The van der Waals surface area contributed by atoms with Crippen LogP contribution in [0.15, 0.2) is 0 Å². The molecule has 2 rings (SSSR count). The highest BCUT2D eigenvalue weighted by Gasteiger charge is 2.46. The number of carboxylic acid groups (broad SMARTS) is 1. The van der Waals surface area contributed by atoms with Crippen LogP contribution in [0, 0.1) is 5.92 Å². The molecule has 0 aromatic carbocycles. The lowest BCUT2D eigenvalue weighted by atomic mass is 9.83. The van der Waals surface area contributed by atoms with Crippen LogP contribution in [-0.2, 0) is 4.79 Å². The van der Waals surface area contributed by atoms with Crippen molar-refractivity contribution in [2.75, 3.05) is 0 Å². The summed E-state index contributed by atoms with van der Waals surface area (Å²) in [5, 5.41) is 12.3. The first kappa shape index (κ1) is 9.00. The van der Waals surface area contributed by atoms with Gasteiger partial charge in [0.25, 0.3) is 0 Å². The number of hydrogen-bond acceptors (Lipinski definition) is 2. The number of nitrogens with one attached hydrogen (secondary N) is 1. The highest BCUT2D eigenvalue weighted by molar-refractivity contribution is 5.78. The molecule has 2 aliphatic rings. The minimum absolute atomic E-state index is 0.467. The lowest BCUT2D eigenvalue weighted by molar-refractivity contribution is -0.143. The molecule has 0 bridgehead atoms. The van der Waals surface area contributed by atoms with Crippen molar-refractivity contribution < 1.29 is 9.90 Å². The summed E-state index contributed by atoms with van der Waals surface area (Å²) in [5.41, 5.74) is -0.653. The van der Waals surface area contributed by atoms with E-state index in [1.54, 1.807) is 0 Å². The minimum atomic E-state index is -0.693. The molecule has 1 saturated heterocycles.